The average Bonchev–Trinajstić information content (AvgIpc) is 2.57. The Kier molecular flexibility index (Phi) is 3.55. The molecule has 0 fully saturated rings. The number of nitrogens with one attached hydrogen (secondary N) is 1. The molecule has 2 aliphatic rings. The van der Waals surface area contributed by atoms with Crippen molar-refractivity contribution in [3.8, 4) is 17.2 Å². The standard InChI is InChI=1S/C20H22ClNO2/c1-5-15-13-8-9(2)10(3)19-17(13)16(11(4)22-15)12-6-7-14(21)18(23)20(12)24-19/h6-8,11,15-16,22-23H,5H2,1-4H3. The highest BCUT2D eigenvalue weighted by Crippen LogP contribution is 2.56. The lowest BCUT2D eigenvalue weighted by atomic mass is 9.74. The Balaban J connectivity index is 2.05. The third-order valence-electron chi connectivity index (χ3n) is 5.57. The van der Waals surface area contributed by atoms with E-state index in [1.165, 1.54) is 16.7 Å². The van der Waals surface area contributed by atoms with Crippen LogP contribution in [-0.2, 0) is 0 Å². The van der Waals surface area contributed by atoms with E-state index < -0.39 is 0 Å². The average molecular weight is 344 g/mol. The van der Waals surface area contributed by atoms with E-state index in [2.05, 4.69) is 39.1 Å². The van der Waals surface area contributed by atoms with Gasteiger partial charge in [0.05, 0.1) is 5.02 Å². The molecular formula is C20H22ClNO2. The van der Waals surface area contributed by atoms with Gasteiger partial charge in [-0.25, -0.2) is 0 Å². The number of halogens is 1. The fourth-order valence-electron chi connectivity index (χ4n) is 4.20. The number of phenols is 1. The van der Waals surface area contributed by atoms with Crippen molar-refractivity contribution in [2.24, 2.45) is 0 Å². The van der Waals surface area contributed by atoms with Crippen LogP contribution >= 0.6 is 11.6 Å². The van der Waals surface area contributed by atoms with Crippen LogP contribution in [0.15, 0.2) is 18.2 Å². The van der Waals surface area contributed by atoms with Crippen LogP contribution in [-0.4, -0.2) is 11.1 Å². The van der Waals surface area contributed by atoms with E-state index >= 15 is 0 Å². The van der Waals surface area contributed by atoms with Crippen molar-refractivity contribution in [1.29, 1.82) is 0 Å². The normalized spacial score (nSPS) is 24.1. The third-order valence-corrected chi connectivity index (χ3v) is 5.88. The van der Waals surface area contributed by atoms with Gasteiger partial charge in [0.2, 0.25) is 0 Å². The second kappa shape index (κ2) is 5.40. The molecule has 0 saturated carbocycles. The van der Waals surface area contributed by atoms with Gasteiger partial charge < -0.3 is 15.2 Å². The molecule has 24 heavy (non-hydrogen) atoms. The summed E-state index contributed by atoms with van der Waals surface area (Å²) in [5, 5.41) is 14.5. The van der Waals surface area contributed by atoms with Crippen LogP contribution in [0.4, 0.5) is 0 Å². The molecule has 0 aliphatic carbocycles. The Bertz CT molecular complexity index is 846. The van der Waals surface area contributed by atoms with Gasteiger partial charge in [-0.3, -0.25) is 0 Å². The lowest BCUT2D eigenvalue weighted by molar-refractivity contribution is 0.337. The smallest absolute Gasteiger partial charge is 0.177 e. The minimum atomic E-state index is 0.0343. The van der Waals surface area contributed by atoms with E-state index in [9.17, 15) is 5.11 Å². The SMILES string of the molecule is CCC1NC(C)C2c3ccc(Cl)c(O)c3Oc3c(C)c(C)cc1c32. The van der Waals surface area contributed by atoms with E-state index in [0.29, 0.717) is 16.8 Å². The summed E-state index contributed by atoms with van der Waals surface area (Å²) in [5.74, 6) is 1.59. The Labute approximate surface area is 147 Å². The van der Waals surface area contributed by atoms with Crippen LogP contribution in [0.3, 0.4) is 0 Å². The Morgan fingerprint density at radius 1 is 1.21 bits per heavy atom. The molecule has 126 valence electrons. The molecule has 3 unspecified atom stereocenters. The Morgan fingerprint density at radius 2 is 1.96 bits per heavy atom. The monoisotopic (exact) mass is 343 g/mol. The van der Waals surface area contributed by atoms with E-state index in [4.69, 9.17) is 16.3 Å². The van der Waals surface area contributed by atoms with Crippen LogP contribution in [0.5, 0.6) is 17.2 Å². The van der Waals surface area contributed by atoms with Crippen LogP contribution in [0, 0.1) is 13.8 Å². The van der Waals surface area contributed by atoms with Gasteiger partial charge in [0.1, 0.15) is 5.75 Å². The molecule has 2 heterocycles. The quantitative estimate of drug-likeness (QED) is 0.734. The van der Waals surface area contributed by atoms with Crippen molar-refractivity contribution in [3.63, 3.8) is 0 Å². The number of rotatable bonds is 1. The molecule has 4 heteroatoms. The van der Waals surface area contributed by atoms with Gasteiger partial charge in [0.25, 0.3) is 0 Å². The molecule has 4 rings (SSSR count). The zero-order chi connectivity index (χ0) is 17.2. The van der Waals surface area contributed by atoms with Crippen molar-refractivity contribution >= 4 is 11.6 Å². The molecule has 0 bridgehead atoms. The van der Waals surface area contributed by atoms with Crippen LogP contribution < -0.4 is 10.1 Å². The minimum absolute atomic E-state index is 0.0343. The van der Waals surface area contributed by atoms with Crippen molar-refractivity contribution < 1.29 is 9.84 Å². The zero-order valence-corrected chi connectivity index (χ0v) is 15.2. The van der Waals surface area contributed by atoms with E-state index in [1.807, 2.05) is 6.07 Å². The number of hydrogen-bond donors (Lipinski definition) is 2. The van der Waals surface area contributed by atoms with E-state index in [0.717, 1.165) is 23.3 Å². The third kappa shape index (κ3) is 2.01. The van der Waals surface area contributed by atoms with Crippen LogP contribution in [0.2, 0.25) is 5.02 Å². The molecule has 0 radical (unpaired) electrons. The van der Waals surface area contributed by atoms with Gasteiger partial charge in [-0.05, 0) is 49.9 Å². The molecule has 0 amide bonds. The van der Waals surface area contributed by atoms with Crippen LogP contribution in [0.25, 0.3) is 0 Å². The van der Waals surface area contributed by atoms with Gasteiger partial charge in [-0.15, -0.1) is 0 Å². The van der Waals surface area contributed by atoms with Gasteiger partial charge in [-0.1, -0.05) is 30.7 Å². The Hall–Kier alpha value is -1.71. The van der Waals surface area contributed by atoms with Crippen molar-refractivity contribution in [1.82, 2.24) is 5.32 Å². The van der Waals surface area contributed by atoms with Gasteiger partial charge in [0.15, 0.2) is 11.5 Å². The van der Waals surface area contributed by atoms with Crippen molar-refractivity contribution in [2.45, 2.75) is 52.1 Å². The Morgan fingerprint density at radius 3 is 2.67 bits per heavy atom. The molecule has 2 N–H and O–H groups in total. The van der Waals surface area contributed by atoms with Gasteiger partial charge in [-0.2, -0.15) is 0 Å². The summed E-state index contributed by atoms with van der Waals surface area (Å²) in [4.78, 5) is 0. The maximum absolute atomic E-state index is 10.4. The maximum atomic E-state index is 10.4. The molecule has 0 aromatic heterocycles. The molecule has 3 atom stereocenters. The molecule has 2 aromatic carbocycles. The summed E-state index contributed by atoms with van der Waals surface area (Å²) >= 11 is 6.12. The predicted octanol–water partition coefficient (Wildman–Crippen LogP) is 5.34. The lowest BCUT2D eigenvalue weighted by Crippen LogP contribution is -2.42. The fourth-order valence-corrected chi connectivity index (χ4v) is 4.35. The topological polar surface area (TPSA) is 41.5 Å². The fraction of sp³-hybridized carbons (Fsp3) is 0.400. The first-order chi connectivity index (χ1) is 11.4. The molecule has 0 spiro atoms. The summed E-state index contributed by atoms with van der Waals surface area (Å²) in [6.07, 6.45) is 1.03. The highest BCUT2D eigenvalue weighted by molar-refractivity contribution is 6.32. The van der Waals surface area contributed by atoms with Crippen LogP contribution in [0.1, 0.15) is 60.0 Å². The maximum Gasteiger partial charge on any atom is 0.177 e. The van der Waals surface area contributed by atoms with Crippen molar-refractivity contribution in [3.05, 3.63) is 51.0 Å². The highest BCUT2D eigenvalue weighted by atomic mass is 35.5. The second-order valence-electron chi connectivity index (χ2n) is 6.96. The largest absolute Gasteiger partial charge is 0.503 e. The lowest BCUT2D eigenvalue weighted by Gasteiger charge is -2.42. The van der Waals surface area contributed by atoms with E-state index in [1.54, 1.807) is 6.07 Å². The highest BCUT2D eigenvalue weighted by Gasteiger charge is 2.41. The summed E-state index contributed by atoms with van der Waals surface area (Å²) in [5.41, 5.74) is 5.93. The number of ether oxygens (including phenoxy) is 1. The zero-order valence-electron chi connectivity index (χ0n) is 14.4. The summed E-state index contributed by atoms with van der Waals surface area (Å²) in [6.45, 7) is 8.61. The molecule has 2 aromatic rings. The molecule has 2 aliphatic heterocycles. The number of aromatic hydroxyl groups is 1. The van der Waals surface area contributed by atoms with Crippen molar-refractivity contribution in [2.75, 3.05) is 0 Å². The molecular weight excluding hydrogens is 322 g/mol. The predicted molar refractivity (Wildman–Crippen MR) is 96.6 cm³/mol. The first kappa shape index (κ1) is 15.8. The minimum Gasteiger partial charge on any atom is -0.503 e. The first-order valence-electron chi connectivity index (χ1n) is 8.53. The number of hydrogen-bond acceptors (Lipinski definition) is 3. The van der Waals surface area contributed by atoms with Gasteiger partial charge in [0, 0.05) is 29.1 Å². The number of fused-ring (bicyclic) bond motifs is 2. The number of phenolic OH excluding ortho intramolecular Hbond substituents is 1. The number of aryl methyl sites for hydroxylation is 1. The molecule has 3 nitrogen and oxygen atoms in total. The summed E-state index contributed by atoms with van der Waals surface area (Å²) < 4.78 is 6.23. The van der Waals surface area contributed by atoms with E-state index in [-0.39, 0.29) is 17.7 Å². The van der Waals surface area contributed by atoms with Gasteiger partial charge >= 0.3 is 0 Å². The molecule has 0 saturated heterocycles. The second-order valence-corrected chi connectivity index (χ2v) is 7.37. The summed E-state index contributed by atoms with van der Waals surface area (Å²) in [6, 6.07) is 6.61. The first-order valence-corrected chi connectivity index (χ1v) is 8.91. The number of benzene rings is 2. The summed E-state index contributed by atoms with van der Waals surface area (Å²) in [7, 11) is 0.